The van der Waals surface area contributed by atoms with Crippen LogP contribution >= 0.6 is 12.2 Å². The van der Waals surface area contributed by atoms with E-state index < -0.39 is 0 Å². The Labute approximate surface area is 141 Å². The van der Waals surface area contributed by atoms with Crippen LogP contribution in [0.1, 0.15) is 69.8 Å². The molecule has 2 heteroatoms. The molecule has 0 saturated heterocycles. The highest BCUT2D eigenvalue weighted by Crippen LogP contribution is 2.31. The minimum Gasteiger partial charge on any atom is -0.360 e. The van der Waals surface area contributed by atoms with Gasteiger partial charge in [-0.2, -0.15) is 0 Å². The fourth-order valence-electron chi connectivity index (χ4n) is 4.29. The van der Waals surface area contributed by atoms with Gasteiger partial charge in [-0.3, -0.25) is 0 Å². The largest absolute Gasteiger partial charge is 0.360 e. The van der Waals surface area contributed by atoms with E-state index in [2.05, 4.69) is 35.2 Å². The van der Waals surface area contributed by atoms with Gasteiger partial charge in [0.15, 0.2) is 0 Å². The molecule has 0 amide bonds. The second-order valence-electron chi connectivity index (χ2n) is 7.05. The number of nitrogens with zero attached hydrogens (tertiary/aromatic N) is 1. The summed E-state index contributed by atoms with van der Waals surface area (Å²) >= 11 is 5.95. The molecule has 3 rings (SSSR count). The lowest BCUT2D eigenvalue weighted by Crippen LogP contribution is -2.48. The summed E-state index contributed by atoms with van der Waals surface area (Å²) in [6.45, 7) is 0. The highest BCUT2D eigenvalue weighted by molar-refractivity contribution is 7.80. The molecule has 0 radical (unpaired) electrons. The van der Waals surface area contributed by atoms with Crippen molar-refractivity contribution in [2.45, 2.75) is 82.7 Å². The van der Waals surface area contributed by atoms with Crippen molar-refractivity contribution >= 4 is 17.2 Å². The molecule has 1 aromatic carbocycles. The summed E-state index contributed by atoms with van der Waals surface area (Å²) in [5.74, 6) is 0. The van der Waals surface area contributed by atoms with Crippen LogP contribution in [0.5, 0.6) is 0 Å². The van der Waals surface area contributed by atoms with Crippen LogP contribution in [0, 0.1) is 0 Å². The van der Waals surface area contributed by atoms with Crippen LogP contribution in [0.2, 0.25) is 0 Å². The number of hydrogen-bond donors (Lipinski definition) is 0. The first-order chi connectivity index (χ1) is 10.8. The molecule has 0 atom stereocenters. The monoisotopic (exact) mass is 315 g/mol. The van der Waals surface area contributed by atoms with E-state index in [0.29, 0.717) is 12.1 Å². The van der Waals surface area contributed by atoms with E-state index in [-0.39, 0.29) is 0 Å². The zero-order valence-corrected chi connectivity index (χ0v) is 14.5. The van der Waals surface area contributed by atoms with Gasteiger partial charge in [-0.1, -0.05) is 81.1 Å². The number of hydrogen-bond acceptors (Lipinski definition) is 1. The first-order valence-corrected chi connectivity index (χ1v) is 9.60. The van der Waals surface area contributed by atoms with E-state index in [4.69, 9.17) is 12.2 Å². The number of rotatable bonds is 4. The lowest BCUT2D eigenvalue weighted by molar-refractivity contribution is 0.158. The Hall–Kier alpha value is -0.890. The predicted octanol–water partition coefficient (Wildman–Crippen LogP) is 5.52. The van der Waals surface area contributed by atoms with E-state index in [1.54, 1.807) is 0 Å². The zero-order chi connectivity index (χ0) is 15.2. The molecular weight excluding hydrogens is 286 g/mol. The van der Waals surface area contributed by atoms with Gasteiger partial charge in [-0.25, -0.2) is 0 Å². The van der Waals surface area contributed by atoms with Gasteiger partial charge in [-0.15, -0.1) is 0 Å². The Morgan fingerprint density at radius 2 is 1.32 bits per heavy atom. The maximum Gasteiger partial charge on any atom is 0.0828 e. The molecule has 0 unspecified atom stereocenters. The minimum absolute atomic E-state index is 0.716. The van der Waals surface area contributed by atoms with Crippen LogP contribution < -0.4 is 0 Å². The molecule has 22 heavy (non-hydrogen) atoms. The van der Waals surface area contributed by atoms with E-state index >= 15 is 0 Å². The first kappa shape index (κ1) is 16.0. The summed E-state index contributed by atoms with van der Waals surface area (Å²) in [6.07, 6.45) is 14.8. The van der Waals surface area contributed by atoms with Crippen LogP contribution in [0.15, 0.2) is 30.3 Å². The molecule has 0 aliphatic heterocycles. The molecule has 2 saturated carbocycles. The Morgan fingerprint density at radius 1 is 0.818 bits per heavy atom. The topological polar surface area (TPSA) is 3.24 Å². The molecule has 0 aromatic heterocycles. The van der Waals surface area contributed by atoms with E-state index in [0.717, 1.165) is 6.42 Å². The third-order valence-corrected chi connectivity index (χ3v) is 5.78. The van der Waals surface area contributed by atoms with Crippen LogP contribution in [-0.2, 0) is 6.42 Å². The highest BCUT2D eigenvalue weighted by Gasteiger charge is 2.30. The van der Waals surface area contributed by atoms with Crippen molar-refractivity contribution in [3.63, 3.8) is 0 Å². The third kappa shape index (κ3) is 4.10. The Balaban J connectivity index is 1.72. The molecule has 0 N–H and O–H groups in total. The van der Waals surface area contributed by atoms with Crippen molar-refractivity contribution in [2.24, 2.45) is 0 Å². The standard InChI is InChI=1S/C20H29NS/c22-20(16-17-10-4-1-5-11-17)21(18-12-6-2-7-13-18)19-14-8-3-9-15-19/h1,4-5,10-11,18-19H,2-3,6-9,12-16H2. The summed E-state index contributed by atoms with van der Waals surface area (Å²) in [6, 6.07) is 12.2. The van der Waals surface area contributed by atoms with Crippen molar-refractivity contribution in [3.05, 3.63) is 35.9 Å². The second-order valence-corrected chi connectivity index (χ2v) is 7.52. The molecular formula is C20H29NS. The Kier molecular flexibility index (Phi) is 5.89. The van der Waals surface area contributed by atoms with Crippen LogP contribution in [-0.4, -0.2) is 22.0 Å². The molecule has 0 bridgehead atoms. The zero-order valence-electron chi connectivity index (χ0n) is 13.7. The van der Waals surface area contributed by atoms with Crippen molar-refractivity contribution in [1.29, 1.82) is 0 Å². The van der Waals surface area contributed by atoms with Crippen molar-refractivity contribution in [3.8, 4) is 0 Å². The van der Waals surface area contributed by atoms with Gasteiger partial charge in [0.1, 0.15) is 0 Å². The van der Waals surface area contributed by atoms with E-state index in [1.807, 2.05) is 0 Å². The summed E-state index contributed by atoms with van der Waals surface area (Å²) in [5, 5.41) is 0. The normalized spacial score (nSPS) is 20.7. The van der Waals surface area contributed by atoms with Crippen LogP contribution in [0.25, 0.3) is 0 Å². The van der Waals surface area contributed by atoms with Crippen molar-refractivity contribution in [1.82, 2.24) is 4.90 Å². The van der Waals surface area contributed by atoms with Gasteiger partial charge >= 0.3 is 0 Å². The van der Waals surface area contributed by atoms with E-state index in [9.17, 15) is 0 Å². The average Bonchev–Trinajstić information content (AvgIpc) is 2.58. The Bertz CT molecular complexity index is 440. The third-order valence-electron chi connectivity index (χ3n) is 5.42. The molecule has 1 aromatic rings. The first-order valence-electron chi connectivity index (χ1n) is 9.19. The molecule has 1 nitrogen and oxygen atoms in total. The summed E-state index contributed by atoms with van der Waals surface area (Å²) in [4.78, 5) is 3.89. The maximum absolute atomic E-state index is 5.95. The van der Waals surface area contributed by atoms with Gasteiger partial charge in [0.25, 0.3) is 0 Å². The smallest absolute Gasteiger partial charge is 0.0828 e. The summed E-state index contributed by atoms with van der Waals surface area (Å²) in [7, 11) is 0. The quantitative estimate of drug-likeness (QED) is 0.673. The molecule has 0 heterocycles. The van der Waals surface area contributed by atoms with Crippen molar-refractivity contribution in [2.75, 3.05) is 0 Å². The minimum atomic E-state index is 0.716. The summed E-state index contributed by atoms with van der Waals surface area (Å²) < 4.78 is 0. The Morgan fingerprint density at radius 3 is 1.82 bits per heavy atom. The predicted molar refractivity (Wildman–Crippen MR) is 98.3 cm³/mol. The van der Waals surface area contributed by atoms with Gasteiger partial charge in [0, 0.05) is 18.5 Å². The summed E-state index contributed by atoms with van der Waals surface area (Å²) in [5.41, 5.74) is 1.36. The van der Waals surface area contributed by atoms with Gasteiger partial charge in [0.2, 0.25) is 0 Å². The van der Waals surface area contributed by atoms with Gasteiger partial charge in [-0.05, 0) is 31.2 Å². The van der Waals surface area contributed by atoms with Gasteiger partial charge < -0.3 is 4.90 Å². The van der Waals surface area contributed by atoms with E-state index in [1.165, 1.54) is 74.8 Å². The molecule has 2 aliphatic carbocycles. The highest BCUT2D eigenvalue weighted by atomic mass is 32.1. The lowest BCUT2D eigenvalue weighted by atomic mass is 9.88. The van der Waals surface area contributed by atoms with Crippen LogP contribution in [0.4, 0.5) is 0 Å². The second kappa shape index (κ2) is 8.10. The van der Waals surface area contributed by atoms with Crippen molar-refractivity contribution < 1.29 is 0 Å². The van der Waals surface area contributed by atoms with Crippen LogP contribution in [0.3, 0.4) is 0 Å². The molecule has 2 fully saturated rings. The molecule has 2 aliphatic rings. The SMILES string of the molecule is S=C(Cc1ccccc1)N(C1CCCCC1)C1CCCCC1. The van der Waals surface area contributed by atoms with Gasteiger partial charge in [0.05, 0.1) is 4.99 Å². The maximum atomic E-state index is 5.95. The number of thiocarbonyl (C=S) groups is 1. The average molecular weight is 316 g/mol. The number of benzene rings is 1. The molecule has 0 spiro atoms. The molecule has 120 valence electrons. The fraction of sp³-hybridized carbons (Fsp3) is 0.650. The fourth-order valence-corrected chi connectivity index (χ4v) is 4.75. The lowest BCUT2D eigenvalue weighted by Gasteiger charge is -2.43.